The zero-order chi connectivity index (χ0) is 16.0. The number of benzene rings is 1. The van der Waals surface area contributed by atoms with Crippen molar-refractivity contribution in [1.82, 2.24) is 4.31 Å². The fraction of sp³-hybridized carbons (Fsp3) is 0.533. The summed E-state index contributed by atoms with van der Waals surface area (Å²) in [6.45, 7) is 6.48. The van der Waals surface area contributed by atoms with Crippen molar-refractivity contribution in [2.24, 2.45) is 0 Å². The second-order valence-corrected chi connectivity index (χ2v) is 6.73. The predicted molar refractivity (Wildman–Crippen MR) is 81.9 cm³/mol. The number of rotatable bonds is 7. The van der Waals surface area contributed by atoms with Gasteiger partial charge in [-0.25, -0.2) is 13.2 Å². The molecule has 0 fully saturated rings. The van der Waals surface area contributed by atoms with Gasteiger partial charge in [0.2, 0.25) is 10.0 Å². The highest BCUT2D eigenvalue weighted by atomic mass is 32.2. The van der Waals surface area contributed by atoms with E-state index in [-0.39, 0.29) is 4.90 Å². The molecule has 1 aromatic rings. The number of sulfonamides is 1. The fourth-order valence-electron chi connectivity index (χ4n) is 2.11. The molecule has 0 amide bonds. The van der Waals surface area contributed by atoms with Crippen LogP contribution in [-0.2, 0) is 14.8 Å². The number of carbonyl (C=O) groups is 1. The third-order valence-corrected chi connectivity index (χ3v) is 5.46. The Labute approximate surface area is 127 Å². The zero-order valence-corrected chi connectivity index (χ0v) is 13.9. The quantitative estimate of drug-likeness (QED) is 0.726. The van der Waals surface area contributed by atoms with Crippen molar-refractivity contribution in [3.8, 4) is 0 Å². The molecule has 0 N–H and O–H groups in total. The summed E-state index contributed by atoms with van der Waals surface area (Å²) in [5.41, 5.74) is 0.901. The number of unbranched alkanes of at least 4 members (excludes halogenated alkanes) is 1. The van der Waals surface area contributed by atoms with E-state index in [1.54, 1.807) is 13.0 Å². The molecular formula is C15H23NO4S. The summed E-state index contributed by atoms with van der Waals surface area (Å²) in [6, 6.07) is 4.51. The largest absolute Gasteiger partial charge is 0.465 e. The van der Waals surface area contributed by atoms with Crippen molar-refractivity contribution in [3.63, 3.8) is 0 Å². The number of carbonyl (C=O) groups excluding carboxylic acids is 1. The molecule has 0 spiro atoms. The van der Waals surface area contributed by atoms with Crippen LogP contribution in [0.15, 0.2) is 23.1 Å². The van der Waals surface area contributed by atoms with Gasteiger partial charge in [-0.3, -0.25) is 0 Å². The van der Waals surface area contributed by atoms with Gasteiger partial charge in [0.1, 0.15) is 0 Å². The molecule has 0 aromatic heterocycles. The van der Waals surface area contributed by atoms with Gasteiger partial charge < -0.3 is 4.74 Å². The molecule has 0 saturated heterocycles. The number of hydrogen-bond donors (Lipinski definition) is 0. The van der Waals surface area contributed by atoms with E-state index in [1.165, 1.54) is 23.5 Å². The molecule has 0 radical (unpaired) electrons. The van der Waals surface area contributed by atoms with Crippen LogP contribution in [0.1, 0.15) is 42.6 Å². The number of aryl methyl sites for hydroxylation is 1. The van der Waals surface area contributed by atoms with Crippen LogP contribution in [-0.4, -0.2) is 38.9 Å². The third-order valence-electron chi connectivity index (χ3n) is 3.33. The molecular weight excluding hydrogens is 290 g/mol. The Morgan fingerprint density at radius 3 is 2.43 bits per heavy atom. The van der Waals surface area contributed by atoms with Crippen LogP contribution in [0.3, 0.4) is 0 Å². The first kappa shape index (κ1) is 17.7. The molecule has 0 bridgehead atoms. The summed E-state index contributed by atoms with van der Waals surface area (Å²) in [5, 5.41) is 0. The monoisotopic (exact) mass is 313 g/mol. The number of methoxy groups -OCH3 is 1. The Kier molecular flexibility index (Phi) is 6.36. The van der Waals surface area contributed by atoms with E-state index in [0.717, 1.165) is 12.8 Å². The Morgan fingerprint density at radius 1 is 1.29 bits per heavy atom. The van der Waals surface area contributed by atoms with E-state index < -0.39 is 16.0 Å². The lowest BCUT2D eigenvalue weighted by atomic mass is 10.1. The van der Waals surface area contributed by atoms with Crippen LogP contribution in [0.2, 0.25) is 0 Å². The van der Waals surface area contributed by atoms with Gasteiger partial charge in [-0.05, 0) is 37.1 Å². The minimum absolute atomic E-state index is 0.244. The van der Waals surface area contributed by atoms with Gasteiger partial charge in [0.15, 0.2) is 0 Å². The molecule has 0 atom stereocenters. The minimum Gasteiger partial charge on any atom is -0.465 e. The molecule has 0 aliphatic heterocycles. The van der Waals surface area contributed by atoms with E-state index in [0.29, 0.717) is 24.2 Å². The summed E-state index contributed by atoms with van der Waals surface area (Å²) >= 11 is 0. The standard InChI is InChI=1S/C15H23NO4S/c1-5-7-10-16(6-2)21(18,19)14-9-8-13(11-12(14)3)15(17)20-4/h8-9,11H,5-7,10H2,1-4H3. The van der Waals surface area contributed by atoms with E-state index >= 15 is 0 Å². The zero-order valence-electron chi connectivity index (χ0n) is 13.0. The van der Waals surface area contributed by atoms with Crippen LogP contribution in [0.4, 0.5) is 0 Å². The van der Waals surface area contributed by atoms with Crippen LogP contribution >= 0.6 is 0 Å². The van der Waals surface area contributed by atoms with Gasteiger partial charge in [-0.15, -0.1) is 0 Å². The van der Waals surface area contributed by atoms with Gasteiger partial charge >= 0.3 is 5.97 Å². The second kappa shape index (κ2) is 7.56. The highest BCUT2D eigenvalue weighted by Crippen LogP contribution is 2.21. The number of ether oxygens (including phenoxy) is 1. The van der Waals surface area contributed by atoms with Crippen molar-refractivity contribution >= 4 is 16.0 Å². The first-order chi connectivity index (χ1) is 9.88. The highest BCUT2D eigenvalue weighted by molar-refractivity contribution is 7.89. The topological polar surface area (TPSA) is 63.7 Å². The minimum atomic E-state index is -3.52. The van der Waals surface area contributed by atoms with Gasteiger partial charge in [-0.1, -0.05) is 20.3 Å². The lowest BCUT2D eigenvalue weighted by molar-refractivity contribution is 0.0600. The molecule has 0 unspecified atom stereocenters. The first-order valence-electron chi connectivity index (χ1n) is 7.07. The highest BCUT2D eigenvalue weighted by Gasteiger charge is 2.24. The molecule has 0 saturated carbocycles. The molecule has 5 nitrogen and oxygen atoms in total. The van der Waals surface area contributed by atoms with E-state index in [9.17, 15) is 13.2 Å². The third kappa shape index (κ3) is 4.04. The second-order valence-electron chi connectivity index (χ2n) is 4.82. The van der Waals surface area contributed by atoms with Gasteiger partial charge in [0.05, 0.1) is 17.6 Å². The summed E-state index contributed by atoms with van der Waals surface area (Å²) in [7, 11) is -2.22. The SMILES string of the molecule is CCCCN(CC)S(=O)(=O)c1ccc(C(=O)OC)cc1C. The Balaban J connectivity index is 3.16. The van der Waals surface area contributed by atoms with Crippen molar-refractivity contribution in [2.45, 2.75) is 38.5 Å². The van der Waals surface area contributed by atoms with Crippen LogP contribution in [0, 0.1) is 6.92 Å². The summed E-state index contributed by atoms with van der Waals surface area (Å²) in [5.74, 6) is -0.472. The smallest absolute Gasteiger partial charge is 0.337 e. The normalized spacial score (nSPS) is 11.7. The molecule has 0 heterocycles. The maximum absolute atomic E-state index is 12.7. The first-order valence-corrected chi connectivity index (χ1v) is 8.51. The summed E-state index contributed by atoms with van der Waals surface area (Å²) in [6.07, 6.45) is 1.76. The van der Waals surface area contributed by atoms with E-state index in [4.69, 9.17) is 0 Å². The number of hydrogen-bond acceptors (Lipinski definition) is 4. The molecule has 21 heavy (non-hydrogen) atoms. The summed E-state index contributed by atoms with van der Waals surface area (Å²) in [4.78, 5) is 11.7. The van der Waals surface area contributed by atoms with Gasteiger partial charge in [-0.2, -0.15) is 4.31 Å². The molecule has 1 rings (SSSR count). The van der Waals surface area contributed by atoms with Crippen LogP contribution in [0.25, 0.3) is 0 Å². The van der Waals surface area contributed by atoms with Gasteiger partial charge in [0.25, 0.3) is 0 Å². The van der Waals surface area contributed by atoms with E-state index in [2.05, 4.69) is 4.74 Å². The number of nitrogens with zero attached hydrogens (tertiary/aromatic N) is 1. The molecule has 1 aromatic carbocycles. The Hall–Kier alpha value is -1.40. The predicted octanol–water partition coefficient (Wildman–Crippen LogP) is 2.59. The lowest BCUT2D eigenvalue weighted by Gasteiger charge is -2.21. The average molecular weight is 313 g/mol. The van der Waals surface area contributed by atoms with Crippen molar-refractivity contribution < 1.29 is 17.9 Å². The van der Waals surface area contributed by atoms with Crippen LogP contribution < -0.4 is 0 Å². The molecule has 6 heteroatoms. The fourth-order valence-corrected chi connectivity index (χ4v) is 3.80. The molecule has 0 aliphatic rings. The van der Waals surface area contributed by atoms with Crippen molar-refractivity contribution in [3.05, 3.63) is 29.3 Å². The maximum atomic E-state index is 12.7. The van der Waals surface area contributed by atoms with Gasteiger partial charge in [0, 0.05) is 13.1 Å². The summed E-state index contributed by atoms with van der Waals surface area (Å²) < 4.78 is 31.4. The maximum Gasteiger partial charge on any atom is 0.337 e. The molecule has 0 aliphatic carbocycles. The number of esters is 1. The van der Waals surface area contributed by atoms with Crippen molar-refractivity contribution in [2.75, 3.05) is 20.2 Å². The van der Waals surface area contributed by atoms with E-state index in [1.807, 2.05) is 13.8 Å². The Bertz CT molecular complexity index is 596. The van der Waals surface area contributed by atoms with Crippen molar-refractivity contribution in [1.29, 1.82) is 0 Å². The Morgan fingerprint density at radius 2 is 1.95 bits per heavy atom. The average Bonchev–Trinajstić information content (AvgIpc) is 2.46. The van der Waals surface area contributed by atoms with Crippen LogP contribution in [0.5, 0.6) is 0 Å². The molecule has 118 valence electrons. The lowest BCUT2D eigenvalue weighted by Crippen LogP contribution is -2.32.